The molecule has 5 heteroatoms. The first kappa shape index (κ1) is 19.0. The highest BCUT2D eigenvalue weighted by Gasteiger charge is 2.36. The number of nitrogens with zero attached hydrogens (tertiary/aromatic N) is 1. The van der Waals surface area contributed by atoms with E-state index in [9.17, 15) is 9.59 Å². The van der Waals surface area contributed by atoms with E-state index in [2.05, 4.69) is 12.2 Å². The molecule has 1 aliphatic heterocycles. The molecule has 1 heterocycles. The summed E-state index contributed by atoms with van der Waals surface area (Å²) in [5, 5.41) is 2.92. The summed E-state index contributed by atoms with van der Waals surface area (Å²) in [6, 6.07) is 13.3. The van der Waals surface area contributed by atoms with E-state index in [1.165, 1.54) is 0 Å². The van der Waals surface area contributed by atoms with Gasteiger partial charge in [0.1, 0.15) is 5.75 Å². The van der Waals surface area contributed by atoms with Crippen LogP contribution < -0.4 is 15.0 Å². The molecule has 1 saturated heterocycles. The van der Waals surface area contributed by atoms with E-state index >= 15 is 0 Å². The number of benzene rings is 2. The molecular formula is C22H26N2O3. The van der Waals surface area contributed by atoms with Gasteiger partial charge in [-0.15, -0.1) is 0 Å². The maximum Gasteiger partial charge on any atom is 0.229 e. The first-order valence-electron chi connectivity index (χ1n) is 9.46. The molecule has 0 spiro atoms. The van der Waals surface area contributed by atoms with Crippen LogP contribution in [0.3, 0.4) is 0 Å². The average Bonchev–Trinajstić information content (AvgIpc) is 3.04. The highest BCUT2D eigenvalue weighted by molar-refractivity contribution is 6.04. The SMILES string of the molecule is CCOc1ccc(NC(=O)C2CC(=O)N(c3c(C)cccc3CC)C2)cc1. The molecule has 1 aliphatic rings. The molecule has 1 N–H and O–H groups in total. The molecule has 2 amide bonds. The standard InChI is InChI=1S/C22H26N2O3/c1-4-16-8-6-7-15(3)21(16)24-14-17(13-20(24)25)22(26)23-18-9-11-19(12-10-18)27-5-2/h6-12,17H,4-5,13-14H2,1-3H3,(H,23,26). The molecule has 0 saturated carbocycles. The fourth-order valence-electron chi connectivity index (χ4n) is 3.54. The zero-order valence-electron chi connectivity index (χ0n) is 16.1. The Kier molecular flexibility index (Phi) is 5.79. The number of para-hydroxylation sites is 1. The number of nitrogens with one attached hydrogen (secondary N) is 1. The number of carbonyl (C=O) groups is 2. The largest absolute Gasteiger partial charge is 0.494 e. The quantitative estimate of drug-likeness (QED) is 0.842. The zero-order valence-corrected chi connectivity index (χ0v) is 16.1. The Bertz CT molecular complexity index is 830. The normalized spacial score (nSPS) is 16.5. The summed E-state index contributed by atoms with van der Waals surface area (Å²) in [7, 11) is 0. The Labute approximate surface area is 160 Å². The molecule has 142 valence electrons. The predicted octanol–water partition coefficient (Wildman–Crippen LogP) is 3.95. The van der Waals surface area contributed by atoms with Crippen LogP contribution in [0.1, 0.15) is 31.4 Å². The Hall–Kier alpha value is -2.82. The van der Waals surface area contributed by atoms with Gasteiger partial charge in [0.05, 0.1) is 12.5 Å². The second kappa shape index (κ2) is 8.25. The molecule has 1 unspecified atom stereocenters. The number of hydrogen-bond acceptors (Lipinski definition) is 3. The summed E-state index contributed by atoms with van der Waals surface area (Å²) < 4.78 is 5.41. The van der Waals surface area contributed by atoms with E-state index in [-0.39, 0.29) is 24.2 Å². The molecule has 0 aliphatic carbocycles. The third-order valence-corrected chi connectivity index (χ3v) is 4.90. The van der Waals surface area contributed by atoms with Gasteiger partial charge in [0, 0.05) is 24.3 Å². The fourth-order valence-corrected chi connectivity index (χ4v) is 3.54. The summed E-state index contributed by atoms with van der Waals surface area (Å²) in [6.07, 6.45) is 1.09. The molecule has 0 aromatic heterocycles. The van der Waals surface area contributed by atoms with Crippen LogP contribution >= 0.6 is 0 Å². The van der Waals surface area contributed by atoms with E-state index in [0.29, 0.717) is 18.8 Å². The Morgan fingerprint density at radius 2 is 1.93 bits per heavy atom. The molecule has 2 aromatic rings. The van der Waals surface area contributed by atoms with Crippen LogP contribution in [0, 0.1) is 12.8 Å². The molecule has 1 atom stereocenters. The second-order valence-corrected chi connectivity index (χ2v) is 6.79. The van der Waals surface area contributed by atoms with Crippen LogP contribution in [0.4, 0.5) is 11.4 Å². The molecule has 1 fully saturated rings. The molecular weight excluding hydrogens is 340 g/mol. The zero-order chi connectivity index (χ0) is 19.4. The first-order chi connectivity index (χ1) is 13.0. The molecule has 0 bridgehead atoms. The topological polar surface area (TPSA) is 58.6 Å². The average molecular weight is 366 g/mol. The van der Waals surface area contributed by atoms with Crippen molar-refractivity contribution in [3.05, 3.63) is 53.6 Å². The van der Waals surface area contributed by atoms with Crippen molar-refractivity contribution in [1.29, 1.82) is 0 Å². The molecule has 5 nitrogen and oxygen atoms in total. The Balaban J connectivity index is 1.71. The number of aryl methyl sites for hydroxylation is 2. The first-order valence-corrected chi connectivity index (χ1v) is 9.46. The monoisotopic (exact) mass is 366 g/mol. The van der Waals surface area contributed by atoms with Crippen LogP contribution in [0.15, 0.2) is 42.5 Å². The third kappa shape index (κ3) is 4.13. The maximum absolute atomic E-state index is 12.7. The van der Waals surface area contributed by atoms with Gasteiger partial charge in [-0.3, -0.25) is 9.59 Å². The van der Waals surface area contributed by atoms with Gasteiger partial charge in [-0.25, -0.2) is 0 Å². The smallest absolute Gasteiger partial charge is 0.229 e. The van der Waals surface area contributed by atoms with E-state index in [4.69, 9.17) is 4.74 Å². The van der Waals surface area contributed by atoms with Gasteiger partial charge in [-0.1, -0.05) is 25.1 Å². The lowest BCUT2D eigenvalue weighted by atomic mass is 10.0. The van der Waals surface area contributed by atoms with Crippen LogP contribution in [0.2, 0.25) is 0 Å². The number of carbonyl (C=O) groups excluding carboxylic acids is 2. The highest BCUT2D eigenvalue weighted by Crippen LogP contribution is 2.32. The number of anilines is 2. The van der Waals surface area contributed by atoms with E-state index in [1.54, 1.807) is 4.90 Å². The highest BCUT2D eigenvalue weighted by atomic mass is 16.5. The third-order valence-electron chi connectivity index (χ3n) is 4.90. The second-order valence-electron chi connectivity index (χ2n) is 6.79. The molecule has 3 rings (SSSR count). The van der Waals surface area contributed by atoms with Gasteiger partial charge < -0.3 is 15.0 Å². The van der Waals surface area contributed by atoms with Crippen molar-refractivity contribution in [2.75, 3.05) is 23.4 Å². The maximum atomic E-state index is 12.7. The minimum Gasteiger partial charge on any atom is -0.494 e. The molecule has 27 heavy (non-hydrogen) atoms. The van der Waals surface area contributed by atoms with Crippen LogP contribution in [-0.2, 0) is 16.0 Å². The number of hydrogen-bond donors (Lipinski definition) is 1. The number of ether oxygens (including phenoxy) is 1. The van der Waals surface area contributed by atoms with E-state index in [0.717, 1.165) is 29.0 Å². The summed E-state index contributed by atoms with van der Waals surface area (Å²) in [4.78, 5) is 27.0. The van der Waals surface area contributed by atoms with E-state index < -0.39 is 0 Å². The van der Waals surface area contributed by atoms with Crippen molar-refractivity contribution in [1.82, 2.24) is 0 Å². The van der Waals surface area contributed by atoms with Crippen molar-refractivity contribution in [2.24, 2.45) is 5.92 Å². The van der Waals surface area contributed by atoms with E-state index in [1.807, 2.05) is 56.3 Å². The van der Waals surface area contributed by atoms with Gasteiger partial charge in [0.25, 0.3) is 0 Å². The van der Waals surface area contributed by atoms with Gasteiger partial charge >= 0.3 is 0 Å². The minimum atomic E-state index is -0.353. The van der Waals surface area contributed by atoms with Crippen LogP contribution in [0.5, 0.6) is 5.75 Å². The number of amides is 2. The van der Waals surface area contributed by atoms with Gasteiger partial charge in [-0.05, 0) is 55.7 Å². The Morgan fingerprint density at radius 1 is 1.19 bits per heavy atom. The lowest BCUT2D eigenvalue weighted by Gasteiger charge is -2.22. The van der Waals surface area contributed by atoms with Crippen molar-refractivity contribution in [3.63, 3.8) is 0 Å². The summed E-state index contributed by atoms with van der Waals surface area (Å²) in [5.41, 5.74) is 3.87. The van der Waals surface area contributed by atoms with Gasteiger partial charge in [-0.2, -0.15) is 0 Å². The van der Waals surface area contributed by atoms with Crippen molar-refractivity contribution in [3.8, 4) is 5.75 Å². The minimum absolute atomic E-state index is 0.00541. The fraction of sp³-hybridized carbons (Fsp3) is 0.364. The van der Waals surface area contributed by atoms with Crippen LogP contribution in [-0.4, -0.2) is 25.0 Å². The summed E-state index contributed by atoms with van der Waals surface area (Å²) in [5.74, 6) is 0.297. The summed E-state index contributed by atoms with van der Waals surface area (Å²) in [6.45, 7) is 7.03. The lowest BCUT2D eigenvalue weighted by Crippen LogP contribution is -2.29. The Morgan fingerprint density at radius 3 is 2.59 bits per heavy atom. The number of rotatable bonds is 6. The van der Waals surface area contributed by atoms with Gasteiger partial charge in [0.2, 0.25) is 11.8 Å². The van der Waals surface area contributed by atoms with Crippen molar-refractivity contribution < 1.29 is 14.3 Å². The summed E-state index contributed by atoms with van der Waals surface area (Å²) >= 11 is 0. The van der Waals surface area contributed by atoms with Crippen molar-refractivity contribution >= 4 is 23.2 Å². The predicted molar refractivity (Wildman–Crippen MR) is 107 cm³/mol. The van der Waals surface area contributed by atoms with Crippen molar-refractivity contribution in [2.45, 2.75) is 33.6 Å². The van der Waals surface area contributed by atoms with Gasteiger partial charge in [0.15, 0.2) is 0 Å². The molecule has 0 radical (unpaired) electrons. The van der Waals surface area contributed by atoms with Crippen LogP contribution in [0.25, 0.3) is 0 Å². The molecule has 2 aromatic carbocycles. The lowest BCUT2D eigenvalue weighted by molar-refractivity contribution is -0.122.